The quantitative estimate of drug-likeness (QED) is 0.763. The highest BCUT2D eigenvalue weighted by atomic mass is 32.1. The van der Waals surface area contributed by atoms with Gasteiger partial charge in [-0.15, -0.1) is 11.3 Å². The largest absolute Gasteiger partial charge is 0.399 e. The molecule has 0 unspecified atom stereocenters. The fraction of sp³-hybridized carbons (Fsp3) is 0.182. The van der Waals surface area contributed by atoms with Crippen LogP contribution in [0.25, 0.3) is 11.3 Å². The van der Waals surface area contributed by atoms with E-state index in [4.69, 9.17) is 11.5 Å². The van der Waals surface area contributed by atoms with Gasteiger partial charge in [0.05, 0.1) is 5.69 Å². The Morgan fingerprint density at radius 1 is 1.33 bits per heavy atom. The number of nitrogens with zero attached hydrogens (tertiary/aromatic N) is 1. The average molecular weight is 219 g/mol. The third-order valence-corrected chi connectivity index (χ3v) is 3.22. The van der Waals surface area contributed by atoms with E-state index >= 15 is 0 Å². The Bertz CT molecular complexity index is 476. The van der Waals surface area contributed by atoms with Crippen LogP contribution in [0.15, 0.2) is 24.3 Å². The minimum Gasteiger partial charge on any atom is -0.399 e. The lowest BCUT2D eigenvalue weighted by Crippen LogP contribution is -1.88. The second kappa shape index (κ2) is 3.90. The molecule has 0 atom stereocenters. The second-order valence-electron chi connectivity index (χ2n) is 3.30. The van der Waals surface area contributed by atoms with Gasteiger partial charge in [-0.3, -0.25) is 0 Å². The van der Waals surface area contributed by atoms with Gasteiger partial charge in [-0.2, -0.15) is 0 Å². The van der Waals surface area contributed by atoms with E-state index in [1.54, 1.807) is 11.3 Å². The van der Waals surface area contributed by atoms with Crippen molar-refractivity contribution in [3.05, 3.63) is 29.1 Å². The van der Waals surface area contributed by atoms with Crippen molar-refractivity contribution in [3.8, 4) is 11.3 Å². The molecule has 15 heavy (non-hydrogen) atoms. The van der Waals surface area contributed by atoms with Crippen LogP contribution in [0.3, 0.4) is 0 Å². The predicted octanol–water partition coefficient (Wildman–Crippen LogP) is 2.54. The Kier molecular flexibility index (Phi) is 2.60. The lowest BCUT2D eigenvalue weighted by Gasteiger charge is -2.00. The normalized spacial score (nSPS) is 10.5. The summed E-state index contributed by atoms with van der Waals surface area (Å²) in [5.41, 5.74) is 14.2. The number of aromatic nitrogens is 1. The van der Waals surface area contributed by atoms with E-state index in [1.165, 1.54) is 4.88 Å². The zero-order chi connectivity index (χ0) is 10.8. The summed E-state index contributed by atoms with van der Waals surface area (Å²) < 4.78 is 0. The lowest BCUT2D eigenvalue weighted by atomic mass is 10.1. The van der Waals surface area contributed by atoms with Gasteiger partial charge in [-0.25, -0.2) is 4.98 Å². The van der Waals surface area contributed by atoms with Gasteiger partial charge in [-0.1, -0.05) is 19.1 Å². The van der Waals surface area contributed by atoms with Gasteiger partial charge in [0, 0.05) is 16.1 Å². The van der Waals surface area contributed by atoms with Crippen LogP contribution >= 0.6 is 11.3 Å². The van der Waals surface area contributed by atoms with Crippen molar-refractivity contribution in [3.63, 3.8) is 0 Å². The lowest BCUT2D eigenvalue weighted by molar-refractivity contribution is 1.17. The van der Waals surface area contributed by atoms with E-state index < -0.39 is 0 Å². The molecule has 0 spiro atoms. The van der Waals surface area contributed by atoms with Crippen LogP contribution in [0.5, 0.6) is 0 Å². The Morgan fingerprint density at radius 3 is 2.80 bits per heavy atom. The standard InChI is InChI=1S/C11H13N3S/c1-2-9-10(14-11(13)15-9)7-4-3-5-8(12)6-7/h3-6H,2,12H2,1H3,(H2,13,14). The first-order valence-corrected chi connectivity index (χ1v) is 5.63. The molecule has 4 heteroatoms. The first-order valence-electron chi connectivity index (χ1n) is 4.81. The Morgan fingerprint density at radius 2 is 2.13 bits per heavy atom. The zero-order valence-corrected chi connectivity index (χ0v) is 9.34. The number of anilines is 2. The molecule has 0 bridgehead atoms. The van der Waals surface area contributed by atoms with E-state index in [-0.39, 0.29) is 0 Å². The average Bonchev–Trinajstić information content (AvgIpc) is 2.59. The number of nitrogen functional groups attached to an aromatic ring is 2. The van der Waals surface area contributed by atoms with Crippen molar-refractivity contribution in [1.82, 2.24) is 4.98 Å². The number of nitrogens with two attached hydrogens (primary N) is 2. The van der Waals surface area contributed by atoms with Gasteiger partial charge in [0.25, 0.3) is 0 Å². The van der Waals surface area contributed by atoms with Crippen LogP contribution in [0.4, 0.5) is 10.8 Å². The van der Waals surface area contributed by atoms with Crippen molar-refractivity contribution >= 4 is 22.2 Å². The predicted molar refractivity (Wildman–Crippen MR) is 65.8 cm³/mol. The van der Waals surface area contributed by atoms with E-state index in [9.17, 15) is 0 Å². The first kappa shape index (κ1) is 9.98. The van der Waals surface area contributed by atoms with Gasteiger partial charge in [0.2, 0.25) is 0 Å². The summed E-state index contributed by atoms with van der Waals surface area (Å²) in [5, 5.41) is 0.615. The van der Waals surface area contributed by atoms with Gasteiger partial charge in [0.15, 0.2) is 5.13 Å². The smallest absolute Gasteiger partial charge is 0.180 e. The van der Waals surface area contributed by atoms with Crippen LogP contribution in [0.1, 0.15) is 11.8 Å². The SMILES string of the molecule is CCc1sc(N)nc1-c1cccc(N)c1. The van der Waals surface area contributed by atoms with Gasteiger partial charge in [-0.05, 0) is 18.6 Å². The van der Waals surface area contributed by atoms with Crippen LogP contribution in [0.2, 0.25) is 0 Å². The third kappa shape index (κ3) is 1.94. The topological polar surface area (TPSA) is 64.9 Å². The Balaban J connectivity index is 2.53. The monoisotopic (exact) mass is 219 g/mol. The van der Waals surface area contributed by atoms with E-state index in [2.05, 4.69) is 11.9 Å². The third-order valence-electron chi connectivity index (χ3n) is 2.20. The molecule has 0 fully saturated rings. The van der Waals surface area contributed by atoms with E-state index in [0.717, 1.165) is 23.4 Å². The molecule has 3 nitrogen and oxygen atoms in total. The molecular formula is C11H13N3S. The molecule has 2 rings (SSSR count). The van der Waals surface area contributed by atoms with Crippen LogP contribution in [0, 0.1) is 0 Å². The summed E-state index contributed by atoms with van der Waals surface area (Å²) in [6, 6.07) is 7.72. The number of hydrogen-bond donors (Lipinski definition) is 2. The fourth-order valence-electron chi connectivity index (χ4n) is 1.52. The summed E-state index contributed by atoms with van der Waals surface area (Å²) in [6.07, 6.45) is 0.943. The number of hydrogen-bond acceptors (Lipinski definition) is 4. The second-order valence-corrected chi connectivity index (χ2v) is 4.42. The maximum atomic E-state index is 5.74. The zero-order valence-electron chi connectivity index (χ0n) is 8.53. The van der Waals surface area contributed by atoms with Crippen LogP contribution in [-0.4, -0.2) is 4.98 Å². The maximum absolute atomic E-state index is 5.74. The van der Waals surface area contributed by atoms with Gasteiger partial charge < -0.3 is 11.5 Å². The molecule has 4 N–H and O–H groups in total. The Labute approximate surface area is 92.8 Å². The molecule has 2 aromatic rings. The van der Waals surface area contributed by atoms with Crippen LogP contribution < -0.4 is 11.5 Å². The molecular weight excluding hydrogens is 206 g/mol. The molecule has 0 aliphatic heterocycles. The molecule has 1 heterocycles. The number of aryl methyl sites for hydroxylation is 1. The summed E-state index contributed by atoms with van der Waals surface area (Å²) >= 11 is 1.54. The summed E-state index contributed by atoms with van der Waals surface area (Å²) in [7, 11) is 0. The highest BCUT2D eigenvalue weighted by Crippen LogP contribution is 2.30. The minimum absolute atomic E-state index is 0.615. The van der Waals surface area contributed by atoms with Gasteiger partial charge in [0.1, 0.15) is 0 Å². The van der Waals surface area contributed by atoms with E-state index in [1.807, 2.05) is 24.3 Å². The van der Waals surface area contributed by atoms with Crippen molar-refractivity contribution < 1.29 is 0 Å². The molecule has 0 amide bonds. The minimum atomic E-state index is 0.615. The highest BCUT2D eigenvalue weighted by Gasteiger charge is 2.09. The summed E-state index contributed by atoms with van der Waals surface area (Å²) in [4.78, 5) is 5.54. The van der Waals surface area contributed by atoms with E-state index in [0.29, 0.717) is 5.13 Å². The fourth-order valence-corrected chi connectivity index (χ4v) is 2.31. The Hall–Kier alpha value is -1.55. The van der Waals surface area contributed by atoms with Crippen molar-refractivity contribution in [2.45, 2.75) is 13.3 Å². The van der Waals surface area contributed by atoms with Crippen LogP contribution in [-0.2, 0) is 6.42 Å². The summed E-state index contributed by atoms with van der Waals surface area (Å²) in [6.45, 7) is 2.10. The molecule has 0 saturated heterocycles. The highest BCUT2D eigenvalue weighted by molar-refractivity contribution is 7.15. The first-order chi connectivity index (χ1) is 7.20. The van der Waals surface area contributed by atoms with Crippen molar-refractivity contribution in [2.75, 3.05) is 11.5 Å². The number of rotatable bonds is 2. The molecule has 78 valence electrons. The molecule has 0 aliphatic rings. The maximum Gasteiger partial charge on any atom is 0.180 e. The molecule has 0 aliphatic carbocycles. The molecule has 1 aromatic heterocycles. The van der Waals surface area contributed by atoms with Crippen molar-refractivity contribution in [1.29, 1.82) is 0 Å². The number of benzene rings is 1. The summed E-state index contributed by atoms with van der Waals surface area (Å²) in [5.74, 6) is 0. The molecule has 0 radical (unpaired) electrons. The molecule has 0 saturated carbocycles. The van der Waals surface area contributed by atoms with Gasteiger partial charge >= 0.3 is 0 Å². The van der Waals surface area contributed by atoms with Crippen molar-refractivity contribution in [2.24, 2.45) is 0 Å². The number of thiazole rings is 1. The molecule has 1 aromatic carbocycles.